The Morgan fingerprint density at radius 2 is 2.50 bits per heavy atom. The van der Waals surface area contributed by atoms with Crippen LogP contribution in [0.3, 0.4) is 0 Å². The van der Waals surface area contributed by atoms with Crippen molar-refractivity contribution < 1.29 is 9.50 Å². The molecule has 0 unspecified atom stereocenters. The summed E-state index contributed by atoms with van der Waals surface area (Å²) in [7, 11) is 0. The molecule has 0 spiro atoms. The molecule has 0 bridgehead atoms. The van der Waals surface area contributed by atoms with Crippen LogP contribution in [0, 0.1) is 4.91 Å². The van der Waals surface area contributed by atoms with E-state index >= 15 is 0 Å². The SMILES string of the molecule is O=[N+]1CCC2=C(C1)N(Cl)C=CO2. The van der Waals surface area contributed by atoms with E-state index < -0.39 is 0 Å². The first-order valence-corrected chi connectivity index (χ1v) is 4.03. The first-order chi connectivity index (χ1) is 5.77. The highest BCUT2D eigenvalue weighted by atomic mass is 35.5. The lowest BCUT2D eigenvalue weighted by atomic mass is 10.2. The van der Waals surface area contributed by atoms with Gasteiger partial charge in [-0.2, -0.15) is 0 Å². The Balaban J connectivity index is 2.27. The van der Waals surface area contributed by atoms with E-state index in [0.717, 1.165) is 16.2 Å². The van der Waals surface area contributed by atoms with Crippen molar-refractivity contribution in [1.82, 2.24) is 4.42 Å². The molecular formula is C7H8ClN2O2+. The molecule has 0 radical (unpaired) electrons. The van der Waals surface area contributed by atoms with Crippen molar-refractivity contribution >= 4 is 11.8 Å². The smallest absolute Gasteiger partial charge is 0.236 e. The Morgan fingerprint density at radius 1 is 1.67 bits per heavy atom. The second-order valence-electron chi connectivity index (χ2n) is 2.70. The second kappa shape index (κ2) is 2.79. The number of nitrogens with zero attached hydrogens (tertiary/aromatic N) is 2. The minimum absolute atomic E-state index is 0.309. The normalized spacial score (nSPS) is 22.4. The van der Waals surface area contributed by atoms with Crippen molar-refractivity contribution in [1.29, 1.82) is 0 Å². The van der Waals surface area contributed by atoms with Gasteiger partial charge >= 0.3 is 0 Å². The number of hydrogen-bond acceptors (Lipinski definition) is 3. The summed E-state index contributed by atoms with van der Waals surface area (Å²) in [5, 5.41) is 0. The maximum atomic E-state index is 11.0. The van der Waals surface area contributed by atoms with Gasteiger partial charge in [-0.25, -0.2) is 0 Å². The molecule has 0 saturated carbocycles. The molecule has 0 aromatic rings. The van der Waals surface area contributed by atoms with E-state index in [0.29, 0.717) is 19.5 Å². The zero-order valence-electron chi connectivity index (χ0n) is 6.36. The van der Waals surface area contributed by atoms with Gasteiger partial charge in [-0.3, -0.25) is 4.42 Å². The van der Waals surface area contributed by atoms with Crippen LogP contribution in [0.5, 0.6) is 0 Å². The molecule has 0 aliphatic carbocycles. The van der Waals surface area contributed by atoms with Gasteiger partial charge in [0.1, 0.15) is 17.7 Å². The molecule has 0 aromatic carbocycles. The highest BCUT2D eigenvalue weighted by Gasteiger charge is 2.29. The largest absolute Gasteiger partial charge is 0.465 e. The number of rotatable bonds is 0. The molecule has 2 heterocycles. The first-order valence-electron chi connectivity index (χ1n) is 3.70. The molecule has 0 atom stereocenters. The third kappa shape index (κ3) is 1.18. The van der Waals surface area contributed by atoms with Crippen LogP contribution >= 0.6 is 11.8 Å². The quantitative estimate of drug-likeness (QED) is 0.424. The van der Waals surface area contributed by atoms with Gasteiger partial charge in [-0.15, -0.1) is 0 Å². The standard InChI is InChI=1S/C7H8ClN2O2/c8-10-3-4-12-7-1-2-9(11)5-6(7)10/h3-4H,1-2,5H2/q+1. The van der Waals surface area contributed by atoms with Crippen LogP contribution in [0.1, 0.15) is 6.42 Å². The average molecular weight is 188 g/mol. The number of halogens is 1. The molecule has 0 N–H and O–H groups in total. The fourth-order valence-corrected chi connectivity index (χ4v) is 1.47. The average Bonchev–Trinajstić information content (AvgIpc) is 2.07. The third-order valence-corrected chi connectivity index (χ3v) is 2.21. The Bertz CT molecular complexity index is 285. The fraction of sp³-hybridized carbons (Fsp3) is 0.429. The van der Waals surface area contributed by atoms with Crippen LogP contribution in [0.15, 0.2) is 23.9 Å². The van der Waals surface area contributed by atoms with Crippen molar-refractivity contribution in [2.24, 2.45) is 0 Å². The van der Waals surface area contributed by atoms with Crippen molar-refractivity contribution in [2.75, 3.05) is 13.1 Å². The van der Waals surface area contributed by atoms with E-state index in [1.54, 1.807) is 6.20 Å². The second-order valence-corrected chi connectivity index (χ2v) is 3.06. The molecule has 0 aromatic heterocycles. The Kier molecular flexibility index (Phi) is 1.77. The third-order valence-electron chi connectivity index (χ3n) is 1.90. The van der Waals surface area contributed by atoms with Crippen LogP contribution in [0.25, 0.3) is 0 Å². The summed E-state index contributed by atoms with van der Waals surface area (Å²) >= 11 is 5.80. The Morgan fingerprint density at radius 3 is 3.33 bits per heavy atom. The van der Waals surface area contributed by atoms with Gasteiger partial charge in [0.2, 0.25) is 6.54 Å². The van der Waals surface area contributed by atoms with Gasteiger partial charge in [0.05, 0.1) is 12.6 Å². The number of nitroso groups, excluding NO2 is 1. The van der Waals surface area contributed by atoms with E-state index in [4.69, 9.17) is 16.5 Å². The molecule has 2 rings (SSSR count). The van der Waals surface area contributed by atoms with Crippen molar-refractivity contribution in [3.63, 3.8) is 0 Å². The minimum Gasteiger partial charge on any atom is -0.465 e. The predicted molar refractivity (Wildman–Crippen MR) is 42.9 cm³/mol. The predicted octanol–water partition coefficient (Wildman–Crippen LogP) is 1.34. The summed E-state index contributed by atoms with van der Waals surface area (Å²) in [6.07, 6.45) is 3.73. The summed E-state index contributed by atoms with van der Waals surface area (Å²) in [6, 6.07) is 0. The maximum absolute atomic E-state index is 11.0. The molecule has 0 fully saturated rings. The topological polar surface area (TPSA) is 32.5 Å². The van der Waals surface area contributed by atoms with Crippen LogP contribution in [-0.2, 0) is 4.74 Å². The highest BCUT2D eigenvalue weighted by molar-refractivity contribution is 6.15. The van der Waals surface area contributed by atoms with Gasteiger partial charge in [0.25, 0.3) is 0 Å². The zero-order valence-corrected chi connectivity index (χ0v) is 7.12. The molecule has 0 saturated heterocycles. The van der Waals surface area contributed by atoms with Crippen LogP contribution < -0.4 is 0 Å². The number of hydrogen-bond donors (Lipinski definition) is 0. The van der Waals surface area contributed by atoms with Crippen LogP contribution in [0.4, 0.5) is 0 Å². The lowest BCUT2D eigenvalue weighted by Gasteiger charge is -2.22. The van der Waals surface area contributed by atoms with E-state index in [1.807, 2.05) is 0 Å². The summed E-state index contributed by atoms with van der Waals surface area (Å²) in [6.45, 7) is 0.792. The molecule has 2 aliphatic rings. The molecule has 64 valence electrons. The van der Waals surface area contributed by atoms with Gasteiger partial charge in [-0.05, 0) is 0 Å². The molecule has 5 heteroatoms. The molecule has 0 amide bonds. The lowest BCUT2D eigenvalue weighted by molar-refractivity contribution is -0.546. The van der Waals surface area contributed by atoms with E-state index in [-0.39, 0.29) is 0 Å². The summed E-state index contributed by atoms with van der Waals surface area (Å²) < 4.78 is 7.58. The molecule has 4 nitrogen and oxygen atoms in total. The number of ether oxygens (including phenoxy) is 1. The van der Waals surface area contributed by atoms with Crippen molar-refractivity contribution in [3.05, 3.63) is 28.8 Å². The van der Waals surface area contributed by atoms with Gasteiger partial charge < -0.3 is 4.74 Å². The first kappa shape index (κ1) is 7.61. The van der Waals surface area contributed by atoms with Crippen molar-refractivity contribution in [3.8, 4) is 0 Å². The minimum atomic E-state index is 0.309. The highest BCUT2D eigenvalue weighted by Crippen LogP contribution is 2.25. The van der Waals surface area contributed by atoms with Crippen molar-refractivity contribution in [2.45, 2.75) is 6.42 Å². The fourth-order valence-electron chi connectivity index (χ4n) is 1.27. The van der Waals surface area contributed by atoms with E-state index in [9.17, 15) is 4.91 Å². The zero-order chi connectivity index (χ0) is 8.55. The summed E-state index contributed by atoms with van der Waals surface area (Å²) in [5.41, 5.74) is 0.750. The van der Waals surface area contributed by atoms with Gasteiger partial charge in [0, 0.05) is 21.4 Å². The summed E-state index contributed by atoms with van der Waals surface area (Å²) in [5.74, 6) is 0.805. The Labute approximate surface area is 74.7 Å². The lowest BCUT2D eigenvalue weighted by Crippen LogP contribution is -2.28. The van der Waals surface area contributed by atoms with Gasteiger partial charge in [0.15, 0.2) is 6.54 Å². The molecular weight excluding hydrogens is 180 g/mol. The van der Waals surface area contributed by atoms with Gasteiger partial charge in [-0.1, -0.05) is 0 Å². The van der Waals surface area contributed by atoms with Crippen LogP contribution in [-0.4, -0.2) is 22.3 Å². The van der Waals surface area contributed by atoms with E-state index in [1.165, 1.54) is 10.7 Å². The molecule has 2 aliphatic heterocycles. The molecule has 12 heavy (non-hydrogen) atoms. The summed E-state index contributed by atoms with van der Waals surface area (Å²) in [4.78, 5) is 11.0. The maximum Gasteiger partial charge on any atom is 0.236 e. The Hall–Kier alpha value is -1.03. The van der Waals surface area contributed by atoms with Crippen LogP contribution in [0.2, 0.25) is 0 Å². The van der Waals surface area contributed by atoms with E-state index in [2.05, 4.69) is 0 Å². The monoisotopic (exact) mass is 187 g/mol.